The Labute approximate surface area is 164 Å². The lowest BCUT2D eigenvalue weighted by Gasteiger charge is -2.22. The first-order valence-electron chi connectivity index (χ1n) is 8.07. The van der Waals surface area contributed by atoms with Crippen LogP contribution in [0.1, 0.15) is 23.7 Å². The maximum atomic E-state index is 13.0. The zero-order chi connectivity index (χ0) is 22.0. The van der Waals surface area contributed by atoms with Gasteiger partial charge in [0.05, 0.1) is 28.1 Å². The Hall–Kier alpha value is -2.97. The molecule has 0 spiro atoms. The Morgan fingerprint density at radius 1 is 1.28 bits per heavy atom. The Bertz CT molecular complexity index is 1070. The summed E-state index contributed by atoms with van der Waals surface area (Å²) in [5.41, 5.74) is -4.35. The highest BCUT2D eigenvalue weighted by Gasteiger charge is 2.38. The Balaban J connectivity index is 2.25. The molecule has 0 fully saturated rings. The van der Waals surface area contributed by atoms with Gasteiger partial charge in [-0.15, -0.1) is 0 Å². The number of nitrogens with one attached hydrogen (secondary N) is 1. The maximum absolute atomic E-state index is 13.0. The van der Waals surface area contributed by atoms with Crippen LogP contribution in [0.15, 0.2) is 41.4 Å². The minimum Gasteiger partial charge on any atom is -0.379 e. The molecule has 0 aliphatic rings. The SMILES string of the molecule is Cc1ccc(S(=O)(=O)C[C@](C)(O)C(=O)Nc2cnc(C#N)c(C(F)(F)F)c2)cc1. The summed E-state index contributed by atoms with van der Waals surface area (Å²) in [7, 11) is -4.06. The Kier molecular flexibility index (Phi) is 6.01. The van der Waals surface area contributed by atoms with Gasteiger partial charge in [-0.2, -0.15) is 18.4 Å². The minimum absolute atomic E-state index is 0.115. The number of aromatic nitrogens is 1. The number of amides is 1. The van der Waals surface area contributed by atoms with Gasteiger partial charge in [0.15, 0.2) is 21.1 Å². The van der Waals surface area contributed by atoms with Crippen molar-refractivity contribution < 1.29 is 31.5 Å². The number of benzene rings is 1. The molecular weight excluding hydrogens is 411 g/mol. The highest BCUT2D eigenvalue weighted by Crippen LogP contribution is 2.32. The van der Waals surface area contributed by atoms with E-state index in [-0.39, 0.29) is 4.90 Å². The van der Waals surface area contributed by atoms with E-state index in [1.165, 1.54) is 18.2 Å². The number of aliphatic hydroxyl groups is 1. The molecule has 0 unspecified atom stereocenters. The van der Waals surface area contributed by atoms with Crippen LogP contribution in [0.5, 0.6) is 0 Å². The summed E-state index contributed by atoms with van der Waals surface area (Å²) in [6, 6.07) is 7.50. The highest BCUT2D eigenvalue weighted by molar-refractivity contribution is 7.91. The molecule has 0 saturated heterocycles. The predicted molar refractivity (Wildman–Crippen MR) is 96.4 cm³/mol. The molecule has 11 heteroatoms. The number of halogens is 3. The largest absolute Gasteiger partial charge is 0.419 e. The van der Waals surface area contributed by atoms with Crippen LogP contribution in [-0.2, 0) is 20.8 Å². The van der Waals surface area contributed by atoms with E-state index in [1.807, 2.05) is 5.32 Å². The standard InChI is InChI=1S/C18H16F3N3O4S/c1-11-3-5-13(6-4-11)29(27,28)10-17(2,26)16(25)24-12-7-14(18(19,20)21)15(8-22)23-9-12/h3-7,9,26H,10H2,1-2H3,(H,24,25)/t17-/m0/s1. The van der Waals surface area contributed by atoms with E-state index >= 15 is 0 Å². The fourth-order valence-corrected chi connectivity index (χ4v) is 3.96. The van der Waals surface area contributed by atoms with E-state index in [0.29, 0.717) is 6.07 Å². The van der Waals surface area contributed by atoms with E-state index < -0.39 is 50.2 Å². The van der Waals surface area contributed by atoms with Gasteiger partial charge in [0, 0.05) is 0 Å². The molecule has 154 valence electrons. The molecule has 2 rings (SSSR count). The first-order chi connectivity index (χ1) is 13.3. The molecule has 1 aromatic heterocycles. The van der Waals surface area contributed by atoms with Crippen LogP contribution < -0.4 is 5.32 Å². The van der Waals surface area contributed by atoms with Crippen molar-refractivity contribution in [3.63, 3.8) is 0 Å². The van der Waals surface area contributed by atoms with Crippen LogP contribution >= 0.6 is 0 Å². The van der Waals surface area contributed by atoms with E-state index in [4.69, 9.17) is 5.26 Å². The number of alkyl halides is 3. The van der Waals surface area contributed by atoms with E-state index in [0.717, 1.165) is 18.7 Å². The van der Waals surface area contributed by atoms with Crippen molar-refractivity contribution in [1.82, 2.24) is 4.98 Å². The molecular formula is C18H16F3N3O4S. The third kappa shape index (κ3) is 5.30. The first-order valence-corrected chi connectivity index (χ1v) is 9.72. The third-order valence-corrected chi connectivity index (χ3v) is 5.83. The molecule has 1 aromatic carbocycles. The zero-order valence-electron chi connectivity index (χ0n) is 15.3. The quantitative estimate of drug-likeness (QED) is 0.756. The Morgan fingerprint density at radius 3 is 2.38 bits per heavy atom. The van der Waals surface area contributed by atoms with Crippen molar-refractivity contribution in [3.05, 3.63) is 53.3 Å². The number of carbonyl (C=O) groups is 1. The fraction of sp³-hybridized carbons (Fsp3) is 0.278. The predicted octanol–water partition coefficient (Wildman–Crippen LogP) is 2.44. The van der Waals surface area contributed by atoms with Crippen molar-refractivity contribution in [1.29, 1.82) is 5.26 Å². The van der Waals surface area contributed by atoms with Crippen LogP contribution in [0.4, 0.5) is 18.9 Å². The minimum atomic E-state index is -4.89. The number of sulfone groups is 1. The van der Waals surface area contributed by atoms with Crippen LogP contribution in [0.3, 0.4) is 0 Å². The van der Waals surface area contributed by atoms with Crippen LogP contribution in [0.2, 0.25) is 0 Å². The average molecular weight is 427 g/mol. The first kappa shape index (κ1) is 22.3. The van der Waals surface area contributed by atoms with Gasteiger partial charge in [-0.3, -0.25) is 4.79 Å². The Morgan fingerprint density at radius 2 is 1.86 bits per heavy atom. The van der Waals surface area contributed by atoms with Crippen molar-refractivity contribution in [3.8, 4) is 6.07 Å². The number of hydrogen-bond acceptors (Lipinski definition) is 6. The molecule has 2 aromatic rings. The average Bonchev–Trinajstić information content (AvgIpc) is 2.60. The molecule has 0 aliphatic carbocycles. The number of aryl methyl sites for hydroxylation is 1. The second-order valence-electron chi connectivity index (χ2n) is 6.53. The molecule has 2 N–H and O–H groups in total. The van der Waals surface area contributed by atoms with Gasteiger partial charge in [-0.05, 0) is 32.0 Å². The van der Waals surface area contributed by atoms with Crippen LogP contribution in [0.25, 0.3) is 0 Å². The maximum Gasteiger partial charge on any atom is 0.419 e. The fourth-order valence-electron chi connectivity index (χ4n) is 2.37. The smallest absolute Gasteiger partial charge is 0.379 e. The van der Waals surface area contributed by atoms with Crippen LogP contribution in [-0.4, -0.2) is 35.8 Å². The summed E-state index contributed by atoms with van der Waals surface area (Å²) in [5.74, 6) is -2.24. The second kappa shape index (κ2) is 7.81. The molecule has 1 heterocycles. The number of hydrogen-bond donors (Lipinski definition) is 2. The summed E-state index contributed by atoms with van der Waals surface area (Å²) in [5, 5.41) is 21.1. The number of rotatable bonds is 5. The lowest BCUT2D eigenvalue weighted by atomic mass is 10.1. The number of nitriles is 1. The number of pyridine rings is 1. The summed E-state index contributed by atoms with van der Waals surface area (Å²) >= 11 is 0. The molecule has 29 heavy (non-hydrogen) atoms. The number of nitrogens with zero attached hydrogens (tertiary/aromatic N) is 2. The van der Waals surface area contributed by atoms with Crippen molar-refractivity contribution >= 4 is 21.4 Å². The molecule has 1 atom stereocenters. The molecule has 0 bridgehead atoms. The zero-order valence-corrected chi connectivity index (χ0v) is 16.1. The normalized spacial score (nSPS) is 14.0. The molecule has 0 saturated carbocycles. The van der Waals surface area contributed by atoms with E-state index in [2.05, 4.69) is 4.98 Å². The van der Waals surface area contributed by atoms with Gasteiger partial charge in [0.1, 0.15) is 6.07 Å². The van der Waals surface area contributed by atoms with Gasteiger partial charge >= 0.3 is 6.18 Å². The second-order valence-corrected chi connectivity index (χ2v) is 8.52. The summed E-state index contributed by atoms with van der Waals surface area (Å²) in [6.45, 7) is 2.68. The van der Waals surface area contributed by atoms with Crippen molar-refractivity contribution in [2.24, 2.45) is 0 Å². The lowest BCUT2D eigenvalue weighted by molar-refractivity contribution is -0.138. The van der Waals surface area contributed by atoms with E-state index in [1.54, 1.807) is 19.1 Å². The van der Waals surface area contributed by atoms with Gasteiger partial charge in [0.25, 0.3) is 5.91 Å². The molecule has 1 amide bonds. The van der Waals surface area contributed by atoms with Gasteiger partial charge in [-0.25, -0.2) is 13.4 Å². The molecule has 7 nitrogen and oxygen atoms in total. The summed E-state index contributed by atoms with van der Waals surface area (Å²) in [6.07, 6.45) is -4.09. The van der Waals surface area contributed by atoms with Gasteiger partial charge < -0.3 is 10.4 Å². The lowest BCUT2D eigenvalue weighted by Crippen LogP contribution is -2.45. The molecule has 0 aliphatic heterocycles. The van der Waals surface area contributed by atoms with E-state index in [9.17, 15) is 31.5 Å². The molecule has 0 radical (unpaired) electrons. The third-order valence-electron chi connectivity index (χ3n) is 3.90. The van der Waals surface area contributed by atoms with Crippen molar-refractivity contribution in [2.45, 2.75) is 30.5 Å². The van der Waals surface area contributed by atoms with Crippen LogP contribution in [0, 0.1) is 18.3 Å². The summed E-state index contributed by atoms with van der Waals surface area (Å²) in [4.78, 5) is 15.5. The monoisotopic (exact) mass is 427 g/mol. The van der Waals surface area contributed by atoms with Crippen molar-refractivity contribution in [2.75, 3.05) is 11.1 Å². The number of carbonyl (C=O) groups excluding carboxylic acids is 1. The van der Waals surface area contributed by atoms with Gasteiger partial charge in [-0.1, -0.05) is 17.7 Å². The topological polar surface area (TPSA) is 120 Å². The highest BCUT2D eigenvalue weighted by atomic mass is 32.2. The summed E-state index contributed by atoms with van der Waals surface area (Å²) < 4.78 is 63.9. The number of anilines is 1. The van der Waals surface area contributed by atoms with Gasteiger partial charge in [0.2, 0.25) is 0 Å².